The summed E-state index contributed by atoms with van der Waals surface area (Å²) in [4.78, 5) is 4.55. The molecule has 89 valence electrons. The molecule has 0 atom stereocenters. The highest BCUT2D eigenvalue weighted by Gasteiger charge is 2.14. The van der Waals surface area contributed by atoms with Crippen molar-refractivity contribution in [2.75, 3.05) is 0 Å². The number of hydrogen-bond donors (Lipinski definition) is 0. The summed E-state index contributed by atoms with van der Waals surface area (Å²) < 4.78 is 0. The molecule has 0 amide bonds. The lowest BCUT2D eigenvalue weighted by Crippen LogP contribution is -1.89. The van der Waals surface area contributed by atoms with Crippen LogP contribution in [0.25, 0.3) is 11.1 Å². The molecule has 0 spiro atoms. The number of thiazole rings is 1. The van der Waals surface area contributed by atoms with Crippen LogP contribution in [0.15, 0.2) is 35.7 Å². The average Bonchev–Trinajstić information content (AvgIpc) is 2.78. The molecule has 2 aliphatic carbocycles. The van der Waals surface area contributed by atoms with Gasteiger partial charge in [0.25, 0.3) is 0 Å². The van der Waals surface area contributed by atoms with Crippen molar-refractivity contribution >= 4 is 11.3 Å². The van der Waals surface area contributed by atoms with E-state index in [-0.39, 0.29) is 0 Å². The summed E-state index contributed by atoms with van der Waals surface area (Å²) >= 11 is 1.74. The highest BCUT2D eigenvalue weighted by molar-refractivity contribution is 7.09. The molecule has 0 fully saturated rings. The van der Waals surface area contributed by atoms with Gasteiger partial charge in [-0.15, -0.1) is 11.3 Å². The van der Waals surface area contributed by atoms with Crippen molar-refractivity contribution in [1.29, 1.82) is 0 Å². The van der Waals surface area contributed by atoms with Gasteiger partial charge < -0.3 is 0 Å². The molecule has 1 aromatic heterocycles. The van der Waals surface area contributed by atoms with Crippen LogP contribution in [0, 0.1) is 19.9 Å². The predicted molar refractivity (Wildman–Crippen MR) is 76.3 cm³/mol. The topological polar surface area (TPSA) is 12.9 Å². The van der Waals surface area contributed by atoms with E-state index in [1.54, 1.807) is 11.3 Å². The SMILES string of the molecule is Cc1csc(Cc2c(C)[c]c3cccccc2-3)n1. The molecule has 0 bridgehead atoms. The van der Waals surface area contributed by atoms with Crippen molar-refractivity contribution in [2.24, 2.45) is 0 Å². The molecular weight excluding hydrogens is 238 g/mol. The van der Waals surface area contributed by atoms with E-state index in [9.17, 15) is 0 Å². The molecule has 1 nitrogen and oxygen atoms in total. The minimum atomic E-state index is 0.911. The van der Waals surface area contributed by atoms with Crippen LogP contribution in [0.4, 0.5) is 0 Å². The lowest BCUT2D eigenvalue weighted by molar-refractivity contribution is 1.10. The zero-order chi connectivity index (χ0) is 12.5. The molecule has 18 heavy (non-hydrogen) atoms. The van der Waals surface area contributed by atoms with Crippen molar-refractivity contribution in [3.63, 3.8) is 0 Å². The quantitative estimate of drug-likeness (QED) is 0.664. The van der Waals surface area contributed by atoms with Gasteiger partial charge in [-0.2, -0.15) is 0 Å². The van der Waals surface area contributed by atoms with E-state index in [0.717, 1.165) is 12.1 Å². The number of nitrogens with zero attached hydrogens (tertiary/aromatic N) is 1. The standard InChI is InChI=1S/C16H14NS/c1-11-8-13-6-4-3-5-7-14(13)15(11)9-16-17-12(2)10-18-16/h3-7,10H,9H2,1-2H3. The first-order chi connectivity index (χ1) is 8.74. The first-order valence-corrected chi connectivity index (χ1v) is 6.92. The van der Waals surface area contributed by atoms with E-state index in [4.69, 9.17) is 0 Å². The van der Waals surface area contributed by atoms with E-state index in [2.05, 4.69) is 53.7 Å². The Balaban J connectivity index is 2.06. The predicted octanol–water partition coefficient (Wildman–Crippen LogP) is 4.26. The summed E-state index contributed by atoms with van der Waals surface area (Å²) in [7, 11) is 0. The van der Waals surface area contributed by atoms with Gasteiger partial charge in [-0.05, 0) is 42.2 Å². The van der Waals surface area contributed by atoms with E-state index in [0.29, 0.717) is 0 Å². The molecule has 0 unspecified atom stereocenters. The molecule has 0 aliphatic heterocycles. The van der Waals surface area contributed by atoms with Crippen LogP contribution in [-0.4, -0.2) is 4.98 Å². The fourth-order valence-corrected chi connectivity index (χ4v) is 3.05. The monoisotopic (exact) mass is 252 g/mol. The maximum Gasteiger partial charge on any atom is 0.0972 e. The smallest absolute Gasteiger partial charge is 0.0972 e. The number of aromatic nitrogens is 1. The Morgan fingerprint density at radius 3 is 2.78 bits per heavy atom. The number of rotatable bonds is 2. The summed E-state index contributed by atoms with van der Waals surface area (Å²) in [6.45, 7) is 4.18. The van der Waals surface area contributed by atoms with Crippen molar-refractivity contribution < 1.29 is 0 Å². The average molecular weight is 252 g/mol. The van der Waals surface area contributed by atoms with Gasteiger partial charge in [-0.3, -0.25) is 0 Å². The second kappa shape index (κ2) is 4.54. The summed E-state index contributed by atoms with van der Waals surface area (Å²) in [5, 5.41) is 3.29. The van der Waals surface area contributed by atoms with Gasteiger partial charge in [-0.1, -0.05) is 30.3 Å². The Bertz CT molecular complexity index is 654. The van der Waals surface area contributed by atoms with Crippen molar-refractivity contribution in [3.05, 3.63) is 63.6 Å². The third-order valence-electron chi connectivity index (χ3n) is 3.13. The Morgan fingerprint density at radius 1 is 1.17 bits per heavy atom. The number of aryl methyl sites for hydroxylation is 2. The number of hydrogen-bond acceptors (Lipinski definition) is 2. The fraction of sp³-hybridized carbons (Fsp3) is 0.188. The molecule has 0 N–H and O–H groups in total. The van der Waals surface area contributed by atoms with Gasteiger partial charge in [0.15, 0.2) is 0 Å². The van der Waals surface area contributed by atoms with Crippen LogP contribution >= 0.6 is 11.3 Å². The van der Waals surface area contributed by atoms with Gasteiger partial charge >= 0.3 is 0 Å². The molecule has 0 saturated carbocycles. The molecule has 1 aromatic rings. The Kier molecular flexibility index (Phi) is 2.88. The summed E-state index contributed by atoms with van der Waals surface area (Å²) in [6.07, 6.45) is 0.911. The maximum atomic E-state index is 4.55. The van der Waals surface area contributed by atoms with Crippen molar-refractivity contribution in [1.82, 2.24) is 4.98 Å². The Labute approximate surface area is 111 Å². The normalized spacial score (nSPS) is 11.0. The fourth-order valence-electron chi connectivity index (χ4n) is 2.26. The van der Waals surface area contributed by atoms with Crippen LogP contribution in [0.1, 0.15) is 21.8 Å². The minimum Gasteiger partial charge on any atom is -0.246 e. The van der Waals surface area contributed by atoms with Gasteiger partial charge in [0.1, 0.15) is 0 Å². The zero-order valence-electron chi connectivity index (χ0n) is 10.5. The third kappa shape index (κ3) is 2.04. The molecule has 0 saturated heterocycles. The van der Waals surface area contributed by atoms with Crippen LogP contribution in [-0.2, 0) is 6.42 Å². The van der Waals surface area contributed by atoms with E-state index < -0.39 is 0 Å². The minimum absolute atomic E-state index is 0.911. The molecule has 1 heterocycles. The second-order valence-corrected chi connectivity index (χ2v) is 5.47. The molecule has 3 rings (SSSR count). The molecular formula is C16H14NS. The highest BCUT2D eigenvalue weighted by Crippen LogP contribution is 2.32. The lowest BCUT2D eigenvalue weighted by atomic mass is 10.1. The van der Waals surface area contributed by atoms with Gasteiger partial charge in [0.2, 0.25) is 0 Å². The van der Waals surface area contributed by atoms with E-state index >= 15 is 0 Å². The van der Waals surface area contributed by atoms with E-state index in [1.165, 1.54) is 27.3 Å². The molecule has 1 radical (unpaired) electrons. The zero-order valence-corrected chi connectivity index (χ0v) is 11.3. The van der Waals surface area contributed by atoms with Crippen molar-refractivity contribution in [2.45, 2.75) is 20.3 Å². The lowest BCUT2D eigenvalue weighted by Gasteiger charge is -2.01. The number of fused-ring (bicyclic) bond motifs is 1. The van der Waals surface area contributed by atoms with E-state index in [1.807, 2.05) is 6.92 Å². The third-order valence-corrected chi connectivity index (χ3v) is 4.10. The molecule has 2 aliphatic rings. The van der Waals surface area contributed by atoms with Gasteiger partial charge in [0.05, 0.1) is 5.01 Å². The summed E-state index contributed by atoms with van der Waals surface area (Å²) in [6, 6.07) is 14.0. The first-order valence-electron chi connectivity index (χ1n) is 6.04. The largest absolute Gasteiger partial charge is 0.246 e. The maximum absolute atomic E-state index is 4.55. The van der Waals surface area contributed by atoms with Crippen LogP contribution in [0.2, 0.25) is 0 Å². The Hall–Kier alpha value is -1.67. The van der Waals surface area contributed by atoms with Crippen molar-refractivity contribution in [3.8, 4) is 11.1 Å². The first kappa shape index (κ1) is 11.4. The Morgan fingerprint density at radius 2 is 2.00 bits per heavy atom. The van der Waals surface area contributed by atoms with Gasteiger partial charge in [0, 0.05) is 17.5 Å². The highest BCUT2D eigenvalue weighted by atomic mass is 32.1. The summed E-state index contributed by atoms with van der Waals surface area (Å²) in [5.74, 6) is 0. The van der Waals surface area contributed by atoms with Crippen LogP contribution in [0.5, 0.6) is 0 Å². The molecule has 0 aromatic carbocycles. The van der Waals surface area contributed by atoms with Crippen LogP contribution in [0.3, 0.4) is 0 Å². The van der Waals surface area contributed by atoms with Crippen LogP contribution < -0.4 is 0 Å². The van der Waals surface area contributed by atoms with Gasteiger partial charge in [-0.25, -0.2) is 4.98 Å². The summed E-state index contributed by atoms with van der Waals surface area (Å²) in [5.41, 5.74) is 6.20. The second-order valence-electron chi connectivity index (χ2n) is 4.53. The molecule has 2 heteroatoms.